The number of halogens is 1. The van der Waals surface area contributed by atoms with E-state index in [0.717, 1.165) is 26.1 Å². The molecule has 1 aliphatic heterocycles. The van der Waals surface area contributed by atoms with Crippen LogP contribution in [-0.2, 0) is 6.54 Å². The highest BCUT2D eigenvalue weighted by molar-refractivity contribution is 5.96. The van der Waals surface area contributed by atoms with Crippen LogP contribution in [0.15, 0.2) is 48.5 Å². The molecule has 0 aromatic heterocycles. The zero-order chi connectivity index (χ0) is 16.2. The number of benzene rings is 2. The lowest BCUT2D eigenvalue weighted by molar-refractivity contribution is 0.101. The largest absolute Gasteiger partial charge is 0.488 e. The normalized spacial score (nSPS) is 18.1. The smallest absolute Gasteiger partial charge is 0.163 e. The van der Waals surface area contributed by atoms with Gasteiger partial charge in [0.25, 0.3) is 0 Å². The van der Waals surface area contributed by atoms with Crippen molar-refractivity contribution in [1.82, 2.24) is 4.90 Å². The Bertz CT molecular complexity index is 687. The zero-order valence-electron chi connectivity index (χ0n) is 13.2. The molecule has 1 fully saturated rings. The van der Waals surface area contributed by atoms with Gasteiger partial charge in [-0.25, -0.2) is 4.39 Å². The summed E-state index contributed by atoms with van der Waals surface area (Å²) in [4.78, 5) is 14.0. The first-order chi connectivity index (χ1) is 11.1. The topological polar surface area (TPSA) is 29.5 Å². The highest BCUT2D eigenvalue weighted by Gasteiger charge is 2.25. The minimum atomic E-state index is -0.385. The number of hydrogen-bond acceptors (Lipinski definition) is 3. The van der Waals surface area contributed by atoms with Crippen molar-refractivity contribution in [3.63, 3.8) is 0 Å². The van der Waals surface area contributed by atoms with Gasteiger partial charge in [0.05, 0.1) is 5.56 Å². The van der Waals surface area contributed by atoms with Gasteiger partial charge in [-0.3, -0.25) is 9.69 Å². The minimum Gasteiger partial charge on any atom is -0.488 e. The fraction of sp³-hybridized carbons (Fsp3) is 0.316. The summed E-state index contributed by atoms with van der Waals surface area (Å²) in [5, 5.41) is 0. The lowest BCUT2D eigenvalue weighted by atomic mass is 10.1. The van der Waals surface area contributed by atoms with E-state index in [-0.39, 0.29) is 17.7 Å². The third-order valence-corrected chi connectivity index (χ3v) is 4.09. The maximum absolute atomic E-state index is 13.4. The van der Waals surface area contributed by atoms with Crippen molar-refractivity contribution in [2.45, 2.75) is 26.0 Å². The van der Waals surface area contributed by atoms with Gasteiger partial charge in [0.1, 0.15) is 17.7 Å². The summed E-state index contributed by atoms with van der Waals surface area (Å²) in [6, 6.07) is 14.4. The fourth-order valence-corrected chi connectivity index (χ4v) is 2.94. The van der Waals surface area contributed by atoms with Crippen LogP contribution < -0.4 is 4.74 Å². The molecule has 2 aromatic rings. The number of carbonyl (C=O) groups is 1. The number of hydrogen-bond donors (Lipinski definition) is 0. The van der Waals surface area contributed by atoms with E-state index in [0.29, 0.717) is 11.3 Å². The molecule has 4 heteroatoms. The molecule has 0 amide bonds. The molecule has 0 bridgehead atoms. The van der Waals surface area contributed by atoms with E-state index < -0.39 is 0 Å². The van der Waals surface area contributed by atoms with E-state index in [9.17, 15) is 9.18 Å². The van der Waals surface area contributed by atoms with E-state index in [1.165, 1.54) is 30.7 Å². The number of rotatable bonds is 5. The summed E-state index contributed by atoms with van der Waals surface area (Å²) in [7, 11) is 0. The monoisotopic (exact) mass is 313 g/mol. The number of ketones is 1. The summed E-state index contributed by atoms with van der Waals surface area (Å²) in [6.07, 6.45) is 0.861. The SMILES string of the molecule is CC(=O)c1ccc(F)cc1OC1CCN(Cc2ccccc2)C1. The van der Waals surface area contributed by atoms with Crippen molar-refractivity contribution in [3.05, 3.63) is 65.5 Å². The van der Waals surface area contributed by atoms with Crippen molar-refractivity contribution in [2.75, 3.05) is 13.1 Å². The average Bonchev–Trinajstić information content (AvgIpc) is 2.95. The van der Waals surface area contributed by atoms with Gasteiger partial charge in [0.15, 0.2) is 5.78 Å². The second-order valence-corrected chi connectivity index (χ2v) is 5.95. The van der Waals surface area contributed by atoms with E-state index in [4.69, 9.17) is 4.74 Å². The van der Waals surface area contributed by atoms with E-state index in [1.807, 2.05) is 18.2 Å². The van der Waals surface area contributed by atoms with Crippen LogP contribution in [0.1, 0.15) is 29.3 Å². The highest BCUT2D eigenvalue weighted by atomic mass is 19.1. The Labute approximate surface area is 135 Å². The van der Waals surface area contributed by atoms with Crippen LogP contribution in [0.25, 0.3) is 0 Å². The Morgan fingerprint density at radius 3 is 2.78 bits per heavy atom. The van der Waals surface area contributed by atoms with Crippen molar-refractivity contribution in [3.8, 4) is 5.75 Å². The van der Waals surface area contributed by atoms with Crippen LogP contribution in [-0.4, -0.2) is 29.9 Å². The molecule has 23 heavy (non-hydrogen) atoms. The van der Waals surface area contributed by atoms with Gasteiger partial charge in [0, 0.05) is 25.7 Å². The molecule has 1 aliphatic rings. The molecule has 3 nitrogen and oxygen atoms in total. The van der Waals surface area contributed by atoms with Crippen LogP contribution in [0.3, 0.4) is 0 Å². The van der Waals surface area contributed by atoms with Crippen molar-refractivity contribution < 1.29 is 13.9 Å². The minimum absolute atomic E-state index is 0.0152. The Kier molecular flexibility index (Phi) is 4.72. The fourth-order valence-electron chi connectivity index (χ4n) is 2.94. The van der Waals surface area contributed by atoms with Gasteiger partial charge >= 0.3 is 0 Å². The Morgan fingerprint density at radius 2 is 2.04 bits per heavy atom. The second kappa shape index (κ2) is 6.92. The number of nitrogens with zero attached hydrogens (tertiary/aromatic N) is 1. The van der Waals surface area contributed by atoms with E-state index in [1.54, 1.807) is 0 Å². The molecule has 0 N–H and O–H groups in total. The molecule has 0 aliphatic carbocycles. The van der Waals surface area contributed by atoms with Crippen molar-refractivity contribution >= 4 is 5.78 Å². The van der Waals surface area contributed by atoms with Gasteiger partial charge in [-0.2, -0.15) is 0 Å². The molecule has 3 rings (SSSR count). The highest BCUT2D eigenvalue weighted by Crippen LogP contribution is 2.25. The van der Waals surface area contributed by atoms with Crippen LogP contribution in [0.4, 0.5) is 4.39 Å². The maximum atomic E-state index is 13.4. The van der Waals surface area contributed by atoms with Gasteiger partial charge in [-0.05, 0) is 31.0 Å². The number of carbonyl (C=O) groups excluding carboxylic acids is 1. The van der Waals surface area contributed by atoms with Gasteiger partial charge in [-0.15, -0.1) is 0 Å². The van der Waals surface area contributed by atoms with Crippen molar-refractivity contribution in [2.24, 2.45) is 0 Å². The Hall–Kier alpha value is -2.20. The lowest BCUT2D eigenvalue weighted by Gasteiger charge is -2.18. The molecule has 0 radical (unpaired) electrons. The molecule has 1 saturated heterocycles. The van der Waals surface area contributed by atoms with Crippen LogP contribution in [0.2, 0.25) is 0 Å². The lowest BCUT2D eigenvalue weighted by Crippen LogP contribution is -2.25. The first-order valence-corrected chi connectivity index (χ1v) is 7.85. The number of ether oxygens (including phenoxy) is 1. The summed E-state index contributed by atoms with van der Waals surface area (Å²) in [5.74, 6) is -0.146. The molecule has 1 heterocycles. The van der Waals surface area contributed by atoms with Gasteiger partial charge in [0.2, 0.25) is 0 Å². The predicted octanol–water partition coefficient (Wildman–Crippen LogP) is 3.68. The molecule has 1 unspecified atom stereocenters. The first-order valence-electron chi connectivity index (χ1n) is 7.85. The quantitative estimate of drug-likeness (QED) is 0.789. The summed E-state index contributed by atoms with van der Waals surface area (Å²) in [6.45, 7) is 4.06. The molecule has 0 spiro atoms. The third kappa shape index (κ3) is 3.96. The molecule has 1 atom stereocenters. The van der Waals surface area contributed by atoms with Crippen LogP contribution in [0.5, 0.6) is 5.75 Å². The number of Topliss-reactive ketones (excluding diaryl/α,β-unsaturated/α-hetero) is 1. The first kappa shape index (κ1) is 15.7. The Balaban J connectivity index is 1.64. The van der Waals surface area contributed by atoms with Crippen LogP contribution in [0, 0.1) is 5.82 Å². The van der Waals surface area contributed by atoms with Gasteiger partial charge < -0.3 is 4.74 Å². The molecule has 120 valence electrons. The molecule has 0 saturated carbocycles. The zero-order valence-corrected chi connectivity index (χ0v) is 13.2. The van der Waals surface area contributed by atoms with Gasteiger partial charge in [-0.1, -0.05) is 30.3 Å². The number of likely N-dealkylation sites (tertiary alicyclic amines) is 1. The standard InChI is InChI=1S/C19H20FNO2/c1-14(22)18-8-7-16(20)11-19(18)23-17-9-10-21(13-17)12-15-5-3-2-4-6-15/h2-8,11,17H,9-10,12-13H2,1H3. The third-order valence-electron chi connectivity index (χ3n) is 4.09. The molecular formula is C19H20FNO2. The molecule has 2 aromatic carbocycles. The summed E-state index contributed by atoms with van der Waals surface area (Å²) in [5.41, 5.74) is 1.70. The summed E-state index contributed by atoms with van der Waals surface area (Å²) >= 11 is 0. The predicted molar refractivity (Wildman–Crippen MR) is 87.2 cm³/mol. The van der Waals surface area contributed by atoms with Crippen LogP contribution >= 0.6 is 0 Å². The van der Waals surface area contributed by atoms with E-state index >= 15 is 0 Å². The van der Waals surface area contributed by atoms with Crippen molar-refractivity contribution in [1.29, 1.82) is 0 Å². The summed E-state index contributed by atoms with van der Waals surface area (Å²) < 4.78 is 19.4. The maximum Gasteiger partial charge on any atom is 0.163 e. The second-order valence-electron chi connectivity index (χ2n) is 5.95. The molecular weight excluding hydrogens is 293 g/mol. The van der Waals surface area contributed by atoms with E-state index in [2.05, 4.69) is 17.0 Å². The Morgan fingerprint density at radius 1 is 1.26 bits per heavy atom. The average molecular weight is 313 g/mol.